The third-order valence-electron chi connectivity index (χ3n) is 5.81. The SMILES string of the molecule is CCCCCCN(CCN1CCOCC1)C(=O)CN1C(=O)COc2ccc([N+](=O)[O-])cc21. The highest BCUT2D eigenvalue weighted by Gasteiger charge is 2.30. The van der Waals surface area contributed by atoms with Crippen LogP contribution < -0.4 is 9.64 Å². The van der Waals surface area contributed by atoms with E-state index in [1.54, 1.807) is 0 Å². The topological polar surface area (TPSA) is 105 Å². The van der Waals surface area contributed by atoms with Crippen LogP contribution in [-0.4, -0.2) is 85.6 Å². The minimum atomic E-state index is -0.526. The molecule has 0 N–H and O–H groups in total. The molecule has 0 saturated carbocycles. The molecule has 2 heterocycles. The Bertz CT molecular complexity index is 812. The molecule has 1 fully saturated rings. The maximum Gasteiger partial charge on any atom is 0.271 e. The van der Waals surface area contributed by atoms with Crippen molar-refractivity contribution in [1.29, 1.82) is 0 Å². The number of benzene rings is 1. The smallest absolute Gasteiger partial charge is 0.271 e. The van der Waals surface area contributed by atoms with Crippen LogP contribution in [0, 0.1) is 10.1 Å². The zero-order chi connectivity index (χ0) is 22.9. The highest BCUT2D eigenvalue weighted by molar-refractivity contribution is 6.02. The van der Waals surface area contributed by atoms with E-state index in [9.17, 15) is 19.7 Å². The number of morpholine rings is 1. The van der Waals surface area contributed by atoms with Crippen molar-refractivity contribution >= 4 is 23.2 Å². The molecule has 10 heteroatoms. The van der Waals surface area contributed by atoms with E-state index in [4.69, 9.17) is 9.47 Å². The Morgan fingerprint density at radius 3 is 2.69 bits per heavy atom. The first-order chi connectivity index (χ1) is 15.5. The van der Waals surface area contributed by atoms with Crippen LogP contribution in [0.3, 0.4) is 0 Å². The van der Waals surface area contributed by atoms with E-state index in [-0.39, 0.29) is 36.3 Å². The van der Waals surface area contributed by atoms with Crippen molar-refractivity contribution in [3.05, 3.63) is 28.3 Å². The van der Waals surface area contributed by atoms with Crippen molar-refractivity contribution in [3.63, 3.8) is 0 Å². The molecule has 1 aromatic rings. The van der Waals surface area contributed by atoms with E-state index in [2.05, 4.69) is 11.8 Å². The summed E-state index contributed by atoms with van der Waals surface area (Å²) in [7, 11) is 0. The average Bonchev–Trinajstić information content (AvgIpc) is 2.80. The van der Waals surface area contributed by atoms with Crippen molar-refractivity contribution in [2.24, 2.45) is 0 Å². The van der Waals surface area contributed by atoms with E-state index in [0.29, 0.717) is 32.1 Å². The Morgan fingerprint density at radius 1 is 1.19 bits per heavy atom. The summed E-state index contributed by atoms with van der Waals surface area (Å²) in [6.07, 6.45) is 4.18. The molecule has 2 aliphatic rings. The lowest BCUT2D eigenvalue weighted by Gasteiger charge is -2.33. The van der Waals surface area contributed by atoms with Gasteiger partial charge in [0.25, 0.3) is 11.6 Å². The molecular formula is C22H32N4O6. The normalized spacial score (nSPS) is 16.4. The number of rotatable bonds is 11. The molecule has 1 saturated heterocycles. The standard InChI is InChI=1S/C22H32N4O6/c1-2-3-4-5-8-24(10-9-23-11-13-31-14-12-23)21(27)16-25-19-15-18(26(29)30)6-7-20(19)32-17-22(25)28/h6-7,15H,2-5,8-14,16-17H2,1H3. The van der Waals surface area contributed by atoms with Crippen LogP contribution in [0.25, 0.3) is 0 Å². The van der Waals surface area contributed by atoms with E-state index >= 15 is 0 Å². The molecule has 0 atom stereocenters. The number of nitrogens with zero attached hydrogens (tertiary/aromatic N) is 4. The van der Waals surface area contributed by atoms with Gasteiger partial charge in [0.15, 0.2) is 6.61 Å². The summed E-state index contributed by atoms with van der Waals surface area (Å²) in [6.45, 7) is 6.83. The van der Waals surface area contributed by atoms with Gasteiger partial charge in [0.05, 0.1) is 23.8 Å². The van der Waals surface area contributed by atoms with Gasteiger partial charge in [-0.2, -0.15) is 0 Å². The molecule has 176 valence electrons. The van der Waals surface area contributed by atoms with E-state index in [1.165, 1.54) is 23.1 Å². The van der Waals surface area contributed by atoms with Gasteiger partial charge in [0.2, 0.25) is 5.91 Å². The zero-order valence-corrected chi connectivity index (χ0v) is 18.7. The number of amides is 2. The Labute approximate surface area is 188 Å². The first-order valence-corrected chi connectivity index (χ1v) is 11.3. The first kappa shape index (κ1) is 23.9. The summed E-state index contributed by atoms with van der Waals surface area (Å²) in [6, 6.07) is 4.09. The van der Waals surface area contributed by atoms with E-state index in [1.807, 2.05) is 4.90 Å². The van der Waals surface area contributed by atoms with E-state index in [0.717, 1.165) is 45.3 Å². The van der Waals surface area contributed by atoms with Crippen LogP contribution in [0.5, 0.6) is 5.75 Å². The predicted molar refractivity (Wildman–Crippen MR) is 119 cm³/mol. The average molecular weight is 449 g/mol. The molecule has 32 heavy (non-hydrogen) atoms. The summed E-state index contributed by atoms with van der Waals surface area (Å²) in [5.74, 6) is -0.182. The second kappa shape index (κ2) is 11.8. The molecule has 3 rings (SSSR count). The van der Waals surface area contributed by atoms with Crippen LogP contribution in [-0.2, 0) is 14.3 Å². The van der Waals surface area contributed by atoms with Gasteiger partial charge >= 0.3 is 0 Å². The zero-order valence-electron chi connectivity index (χ0n) is 18.7. The largest absolute Gasteiger partial charge is 0.482 e. The number of nitro benzene ring substituents is 1. The van der Waals surface area contributed by atoms with Gasteiger partial charge < -0.3 is 14.4 Å². The van der Waals surface area contributed by atoms with Gasteiger partial charge in [-0.25, -0.2) is 0 Å². The summed E-state index contributed by atoms with van der Waals surface area (Å²) in [5, 5.41) is 11.2. The third kappa shape index (κ3) is 6.39. The molecule has 1 aromatic carbocycles. The van der Waals surface area contributed by atoms with E-state index < -0.39 is 4.92 Å². The lowest BCUT2D eigenvalue weighted by atomic mass is 10.2. The second-order valence-corrected chi connectivity index (χ2v) is 8.07. The van der Waals surface area contributed by atoms with Gasteiger partial charge in [0, 0.05) is 44.9 Å². The Hall–Kier alpha value is -2.72. The van der Waals surface area contributed by atoms with Gasteiger partial charge in [-0.15, -0.1) is 0 Å². The van der Waals surface area contributed by atoms with Gasteiger partial charge in [-0.05, 0) is 12.5 Å². The number of hydrogen-bond acceptors (Lipinski definition) is 7. The monoisotopic (exact) mass is 448 g/mol. The number of unbranched alkanes of at least 4 members (excludes halogenated alkanes) is 3. The minimum absolute atomic E-state index is 0.150. The number of fused-ring (bicyclic) bond motifs is 1. The van der Waals surface area contributed by atoms with Gasteiger partial charge in [-0.3, -0.25) is 29.5 Å². The molecule has 0 unspecified atom stereocenters. The molecular weight excluding hydrogens is 416 g/mol. The second-order valence-electron chi connectivity index (χ2n) is 8.07. The van der Waals surface area contributed by atoms with Gasteiger partial charge in [0.1, 0.15) is 12.3 Å². The van der Waals surface area contributed by atoms with Crippen LogP contribution in [0.1, 0.15) is 32.6 Å². The number of hydrogen-bond donors (Lipinski definition) is 0. The Kier molecular flexibility index (Phi) is 8.81. The maximum atomic E-state index is 13.2. The molecule has 0 aromatic heterocycles. The maximum absolute atomic E-state index is 13.2. The third-order valence-corrected chi connectivity index (χ3v) is 5.81. The van der Waals surface area contributed by atoms with Crippen LogP contribution in [0.2, 0.25) is 0 Å². The van der Waals surface area contributed by atoms with Crippen molar-refractivity contribution < 1.29 is 24.0 Å². The summed E-state index contributed by atoms with van der Waals surface area (Å²) < 4.78 is 10.8. The number of carbonyl (C=O) groups excluding carboxylic acids is 2. The number of anilines is 1. The number of ether oxygens (including phenoxy) is 2. The molecule has 0 radical (unpaired) electrons. The van der Waals surface area contributed by atoms with Crippen molar-refractivity contribution in [2.45, 2.75) is 32.6 Å². The molecule has 0 bridgehead atoms. The number of nitro groups is 1. The molecule has 2 aliphatic heterocycles. The molecule has 0 spiro atoms. The Morgan fingerprint density at radius 2 is 1.97 bits per heavy atom. The highest BCUT2D eigenvalue weighted by Crippen LogP contribution is 2.35. The quantitative estimate of drug-likeness (QED) is 0.290. The highest BCUT2D eigenvalue weighted by atomic mass is 16.6. The number of non-ortho nitro benzene ring substituents is 1. The fourth-order valence-corrected chi connectivity index (χ4v) is 3.89. The predicted octanol–water partition coefficient (Wildman–Crippen LogP) is 2.06. The molecule has 0 aliphatic carbocycles. The first-order valence-electron chi connectivity index (χ1n) is 11.3. The summed E-state index contributed by atoms with van der Waals surface area (Å²) >= 11 is 0. The lowest BCUT2D eigenvalue weighted by Crippen LogP contribution is -2.49. The van der Waals surface area contributed by atoms with Crippen molar-refractivity contribution in [1.82, 2.24) is 9.80 Å². The molecule has 10 nitrogen and oxygen atoms in total. The van der Waals surface area contributed by atoms with Crippen molar-refractivity contribution in [3.8, 4) is 5.75 Å². The summed E-state index contributed by atoms with van der Waals surface area (Å²) in [4.78, 5) is 41.8. The summed E-state index contributed by atoms with van der Waals surface area (Å²) in [5.41, 5.74) is 0.117. The Balaban J connectivity index is 1.70. The molecule has 2 amide bonds. The van der Waals surface area contributed by atoms with Crippen LogP contribution in [0.15, 0.2) is 18.2 Å². The van der Waals surface area contributed by atoms with Gasteiger partial charge in [-0.1, -0.05) is 26.2 Å². The fourth-order valence-electron chi connectivity index (χ4n) is 3.89. The van der Waals surface area contributed by atoms with Crippen molar-refractivity contribution in [2.75, 3.05) is 64.0 Å². The lowest BCUT2D eigenvalue weighted by molar-refractivity contribution is -0.384. The fraction of sp³-hybridized carbons (Fsp3) is 0.636. The van der Waals surface area contributed by atoms with Crippen LogP contribution in [0.4, 0.5) is 11.4 Å². The number of carbonyl (C=O) groups is 2. The minimum Gasteiger partial charge on any atom is -0.482 e. The van der Waals surface area contributed by atoms with Crippen LogP contribution >= 0.6 is 0 Å².